The maximum atomic E-state index is 10.2. The predicted molar refractivity (Wildman–Crippen MR) is 72.5 cm³/mol. The van der Waals surface area contributed by atoms with Gasteiger partial charge in [-0.2, -0.15) is 5.10 Å². The summed E-state index contributed by atoms with van der Waals surface area (Å²) in [6.07, 6.45) is -0.650. The second-order valence-electron chi connectivity index (χ2n) is 4.35. The SMILES string of the molecule is Cc1nn(CC(O)c2cccc(N)c2)c(C)c1Cl. The van der Waals surface area contributed by atoms with Gasteiger partial charge in [0.25, 0.3) is 0 Å². The number of aliphatic hydroxyl groups excluding tert-OH is 1. The first-order valence-corrected chi connectivity index (χ1v) is 6.10. The summed E-state index contributed by atoms with van der Waals surface area (Å²) in [5.74, 6) is 0. The van der Waals surface area contributed by atoms with Crippen LogP contribution in [0.5, 0.6) is 0 Å². The van der Waals surface area contributed by atoms with E-state index in [1.54, 1.807) is 16.8 Å². The average Bonchev–Trinajstić information content (AvgIpc) is 2.57. The highest BCUT2D eigenvalue weighted by Gasteiger charge is 2.14. The molecular weight excluding hydrogens is 250 g/mol. The summed E-state index contributed by atoms with van der Waals surface area (Å²) < 4.78 is 1.71. The number of nitrogens with zero attached hydrogens (tertiary/aromatic N) is 2. The minimum Gasteiger partial charge on any atom is -0.399 e. The van der Waals surface area contributed by atoms with Crippen LogP contribution in [0.2, 0.25) is 5.02 Å². The summed E-state index contributed by atoms with van der Waals surface area (Å²) in [5, 5.41) is 15.1. The molecule has 5 heteroatoms. The molecule has 3 N–H and O–H groups in total. The molecule has 2 aromatic rings. The molecule has 0 saturated heterocycles. The Hall–Kier alpha value is -1.52. The van der Waals surface area contributed by atoms with Gasteiger partial charge in [0.1, 0.15) is 0 Å². The maximum Gasteiger partial charge on any atom is 0.0986 e. The van der Waals surface area contributed by atoms with E-state index in [0.717, 1.165) is 17.0 Å². The number of nitrogen functional groups attached to an aromatic ring is 1. The van der Waals surface area contributed by atoms with Crippen molar-refractivity contribution in [3.05, 3.63) is 46.2 Å². The van der Waals surface area contributed by atoms with Gasteiger partial charge in [0, 0.05) is 5.69 Å². The number of rotatable bonds is 3. The zero-order valence-corrected chi connectivity index (χ0v) is 11.1. The summed E-state index contributed by atoms with van der Waals surface area (Å²) in [6, 6.07) is 7.21. The fraction of sp³-hybridized carbons (Fsp3) is 0.308. The Labute approximate surface area is 111 Å². The fourth-order valence-corrected chi connectivity index (χ4v) is 2.02. The lowest BCUT2D eigenvalue weighted by atomic mass is 10.1. The normalized spacial score (nSPS) is 12.7. The summed E-state index contributed by atoms with van der Waals surface area (Å²) in [6.45, 7) is 4.09. The van der Waals surface area contributed by atoms with E-state index < -0.39 is 6.10 Å². The topological polar surface area (TPSA) is 64.1 Å². The van der Waals surface area contributed by atoms with Gasteiger partial charge in [-0.25, -0.2) is 0 Å². The van der Waals surface area contributed by atoms with E-state index in [9.17, 15) is 5.11 Å². The van der Waals surface area contributed by atoms with Crippen molar-refractivity contribution in [1.82, 2.24) is 9.78 Å². The van der Waals surface area contributed by atoms with Gasteiger partial charge in [-0.3, -0.25) is 4.68 Å². The first kappa shape index (κ1) is 12.9. The monoisotopic (exact) mass is 265 g/mol. The Morgan fingerprint density at radius 2 is 2.17 bits per heavy atom. The maximum absolute atomic E-state index is 10.2. The van der Waals surface area contributed by atoms with Crippen LogP contribution < -0.4 is 5.73 Å². The van der Waals surface area contributed by atoms with Crippen LogP contribution in [0.1, 0.15) is 23.1 Å². The Balaban J connectivity index is 2.21. The second-order valence-corrected chi connectivity index (χ2v) is 4.73. The molecule has 1 unspecified atom stereocenters. The molecule has 18 heavy (non-hydrogen) atoms. The van der Waals surface area contributed by atoms with Crippen molar-refractivity contribution in [2.45, 2.75) is 26.5 Å². The van der Waals surface area contributed by atoms with Gasteiger partial charge in [0.2, 0.25) is 0 Å². The third-order valence-electron chi connectivity index (χ3n) is 2.93. The summed E-state index contributed by atoms with van der Waals surface area (Å²) in [5.41, 5.74) is 8.74. The second kappa shape index (κ2) is 5.00. The van der Waals surface area contributed by atoms with Crippen LogP contribution in [-0.2, 0) is 6.54 Å². The minimum absolute atomic E-state index is 0.364. The molecule has 0 spiro atoms. The molecule has 0 aliphatic heterocycles. The Morgan fingerprint density at radius 1 is 1.44 bits per heavy atom. The molecule has 1 aromatic carbocycles. The smallest absolute Gasteiger partial charge is 0.0986 e. The number of hydrogen-bond donors (Lipinski definition) is 2. The van der Waals surface area contributed by atoms with Gasteiger partial charge in [-0.1, -0.05) is 23.7 Å². The number of nitrogens with two attached hydrogens (primary N) is 1. The number of halogens is 1. The minimum atomic E-state index is -0.650. The summed E-state index contributed by atoms with van der Waals surface area (Å²) in [7, 11) is 0. The number of aryl methyl sites for hydroxylation is 1. The molecule has 1 heterocycles. The predicted octanol–water partition coefficient (Wildman–Crippen LogP) is 2.47. The quantitative estimate of drug-likeness (QED) is 0.838. The van der Waals surface area contributed by atoms with Crippen molar-refractivity contribution < 1.29 is 5.11 Å². The van der Waals surface area contributed by atoms with Crippen molar-refractivity contribution in [2.24, 2.45) is 0 Å². The molecule has 0 saturated carbocycles. The third-order valence-corrected chi connectivity index (χ3v) is 3.48. The number of anilines is 1. The summed E-state index contributed by atoms with van der Waals surface area (Å²) in [4.78, 5) is 0. The lowest BCUT2D eigenvalue weighted by molar-refractivity contribution is 0.150. The van der Waals surface area contributed by atoms with Crippen LogP contribution in [0.3, 0.4) is 0 Å². The molecular formula is C13H16ClN3O. The molecule has 0 radical (unpaired) electrons. The third kappa shape index (κ3) is 2.49. The number of benzene rings is 1. The molecule has 1 atom stereocenters. The van der Waals surface area contributed by atoms with Gasteiger partial charge < -0.3 is 10.8 Å². The Kier molecular flexibility index (Phi) is 3.59. The first-order valence-electron chi connectivity index (χ1n) is 5.72. The van der Waals surface area contributed by atoms with Crippen LogP contribution in [-0.4, -0.2) is 14.9 Å². The van der Waals surface area contributed by atoms with E-state index in [1.807, 2.05) is 26.0 Å². The molecule has 2 rings (SSSR count). The fourth-order valence-electron chi connectivity index (χ4n) is 1.89. The van der Waals surface area contributed by atoms with Gasteiger partial charge in [-0.05, 0) is 31.5 Å². The van der Waals surface area contributed by atoms with Crippen LogP contribution in [0, 0.1) is 13.8 Å². The highest BCUT2D eigenvalue weighted by Crippen LogP contribution is 2.22. The number of aliphatic hydroxyl groups is 1. The largest absolute Gasteiger partial charge is 0.399 e. The van der Waals surface area contributed by atoms with Gasteiger partial charge in [-0.15, -0.1) is 0 Å². The molecule has 0 aliphatic rings. The van der Waals surface area contributed by atoms with Gasteiger partial charge in [0.05, 0.1) is 29.1 Å². The van der Waals surface area contributed by atoms with E-state index in [0.29, 0.717) is 17.3 Å². The van der Waals surface area contributed by atoms with Crippen molar-refractivity contribution in [3.8, 4) is 0 Å². The zero-order valence-electron chi connectivity index (χ0n) is 10.4. The highest BCUT2D eigenvalue weighted by molar-refractivity contribution is 6.31. The van der Waals surface area contributed by atoms with Gasteiger partial charge in [0.15, 0.2) is 0 Å². The zero-order chi connectivity index (χ0) is 13.3. The Bertz CT molecular complexity index is 565. The van der Waals surface area contributed by atoms with Crippen LogP contribution >= 0.6 is 11.6 Å². The van der Waals surface area contributed by atoms with E-state index in [4.69, 9.17) is 17.3 Å². The number of aromatic nitrogens is 2. The van der Waals surface area contributed by atoms with Crippen molar-refractivity contribution >= 4 is 17.3 Å². The molecule has 96 valence electrons. The van der Waals surface area contributed by atoms with E-state index in [-0.39, 0.29) is 0 Å². The van der Waals surface area contributed by atoms with Crippen LogP contribution in [0.15, 0.2) is 24.3 Å². The summed E-state index contributed by atoms with van der Waals surface area (Å²) >= 11 is 6.07. The van der Waals surface area contributed by atoms with E-state index in [1.165, 1.54) is 0 Å². The molecule has 0 aliphatic carbocycles. The van der Waals surface area contributed by atoms with Crippen molar-refractivity contribution in [2.75, 3.05) is 5.73 Å². The average molecular weight is 266 g/mol. The van der Waals surface area contributed by atoms with Gasteiger partial charge >= 0.3 is 0 Å². The van der Waals surface area contributed by atoms with Crippen LogP contribution in [0.25, 0.3) is 0 Å². The lowest BCUT2D eigenvalue weighted by Crippen LogP contribution is -2.11. The molecule has 4 nitrogen and oxygen atoms in total. The lowest BCUT2D eigenvalue weighted by Gasteiger charge is -2.13. The standard InChI is InChI=1S/C13H16ClN3O/c1-8-13(14)9(2)17(16-8)7-12(18)10-4-3-5-11(15)6-10/h3-6,12,18H,7,15H2,1-2H3. The van der Waals surface area contributed by atoms with E-state index >= 15 is 0 Å². The van der Waals surface area contributed by atoms with Crippen LogP contribution in [0.4, 0.5) is 5.69 Å². The Morgan fingerprint density at radius 3 is 2.72 bits per heavy atom. The van der Waals surface area contributed by atoms with Crippen molar-refractivity contribution in [1.29, 1.82) is 0 Å². The molecule has 0 bridgehead atoms. The highest BCUT2D eigenvalue weighted by atomic mass is 35.5. The van der Waals surface area contributed by atoms with E-state index in [2.05, 4.69) is 5.10 Å². The molecule has 0 amide bonds. The molecule has 1 aromatic heterocycles. The molecule has 0 fully saturated rings. The van der Waals surface area contributed by atoms with Crippen molar-refractivity contribution in [3.63, 3.8) is 0 Å². The first-order chi connectivity index (χ1) is 8.49. The number of hydrogen-bond acceptors (Lipinski definition) is 3.